The second kappa shape index (κ2) is 4.39. The summed E-state index contributed by atoms with van der Waals surface area (Å²) in [7, 11) is 13.3. The molecule has 0 spiro atoms. The van der Waals surface area contributed by atoms with Gasteiger partial charge in [-0.25, -0.2) is 0 Å². The van der Waals surface area contributed by atoms with Crippen molar-refractivity contribution in [2.75, 3.05) is 0 Å². The molecule has 0 aliphatic rings. The first kappa shape index (κ1) is 8.60. The first-order valence-electron chi connectivity index (χ1n) is 2.46. The Hall–Kier alpha value is 0.500. The highest BCUT2D eigenvalue weighted by atomic mass is 35.7. The van der Waals surface area contributed by atoms with Gasteiger partial charge in [0, 0.05) is 15.9 Å². The number of rotatable bonds is 2. The lowest BCUT2D eigenvalue weighted by molar-refractivity contribution is 1.33. The predicted molar refractivity (Wildman–Crippen MR) is 48.7 cm³/mol. The lowest BCUT2D eigenvalue weighted by Crippen LogP contribution is -1.68. The lowest BCUT2D eigenvalue weighted by atomic mass is 10.4. The van der Waals surface area contributed by atoms with Crippen molar-refractivity contribution < 1.29 is 0 Å². The van der Waals surface area contributed by atoms with Crippen molar-refractivity contribution in [1.82, 2.24) is 0 Å². The number of hydrogen-bond acceptors (Lipinski definition) is 2. The van der Waals surface area contributed by atoms with Crippen LogP contribution in [-0.4, -0.2) is 0 Å². The van der Waals surface area contributed by atoms with Crippen molar-refractivity contribution >= 4 is 43.3 Å². The molecular weight excluding hydrogens is 207 g/mol. The van der Waals surface area contributed by atoms with E-state index in [4.69, 9.17) is 21.4 Å². The Morgan fingerprint density at radius 3 is 2.00 bits per heavy atom. The normalized spacial score (nSPS) is 9.80. The highest BCUT2D eigenvalue weighted by molar-refractivity contribution is 8.21. The van der Waals surface area contributed by atoms with E-state index in [1.807, 2.05) is 18.2 Å². The third-order valence-electron chi connectivity index (χ3n) is 0.908. The molecule has 1 radical (unpaired) electrons. The fourth-order valence-electron chi connectivity index (χ4n) is 0.518. The topological polar surface area (TPSA) is 0 Å². The zero-order valence-corrected chi connectivity index (χ0v) is 7.95. The molecule has 0 aliphatic carbocycles. The molecule has 10 heavy (non-hydrogen) atoms. The van der Waals surface area contributed by atoms with E-state index in [1.54, 1.807) is 0 Å². The first-order valence-corrected chi connectivity index (χ1v) is 5.75. The summed E-state index contributed by atoms with van der Waals surface area (Å²) in [5, 5.41) is 0. The molecule has 0 heterocycles. The van der Waals surface area contributed by atoms with Gasteiger partial charge in [0.05, 0.1) is 0 Å². The highest BCUT2D eigenvalue weighted by Gasteiger charge is 1.94. The van der Waals surface area contributed by atoms with Gasteiger partial charge in [-0.2, -0.15) is 0 Å². The summed E-state index contributed by atoms with van der Waals surface area (Å²) in [6.45, 7) is 0. The highest BCUT2D eigenvalue weighted by Crippen LogP contribution is 2.27. The Labute approximate surface area is 77.3 Å². The Balaban J connectivity index is 2.87. The molecular formula is C6H3Cl2S2. The van der Waals surface area contributed by atoms with Crippen LogP contribution in [-0.2, 0) is 0 Å². The van der Waals surface area contributed by atoms with Gasteiger partial charge in [-0.15, -0.1) is 0 Å². The van der Waals surface area contributed by atoms with Gasteiger partial charge in [-0.3, -0.25) is 0 Å². The van der Waals surface area contributed by atoms with E-state index < -0.39 is 0 Å². The molecule has 0 aliphatic heterocycles. The Morgan fingerprint density at radius 2 is 1.60 bits per heavy atom. The van der Waals surface area contributed by atoms with Crippen molar-refractivity contribution in [2.45, 2.75) is 9.79 Å². The zero-order chi connectivity index (χ0) is 7.40. The second-order valence-corrected chi connectivity index (χ2v) is 3.65. The molecule has 4 heteroatoms. The summed E-state index contributed by atoms with van der Waals surface area (Å²) in [6, 6.07) is 8.67. The third-order valence-corrected chi connectivity index (χ3v) is 2.71. The van der Waals surface area contributed by atoms with E-state index in [0.717, 1.165) is 31.7 Å². The summed E-state index contributed by atoms with van der Waals surface area (Å²) in [5.74, 6) is 0. The fraction of sp³-hybridized carbons (Fsp3) is 0. The van der Waals surface area contributed by atoms with Gasteiger partial charge < -0.3 is 0 Å². The second-order valence-electron chi connectivity index (χ2n) is 1.53. The molecule has 0 saturated heterocycles. The fourth-order valence-corrected chi connectivity index (χ4v) is 1.68. The molecule has 0 N–H and O–H groups in total. The minimum atomic E-state index is 0.896. The molecule has 1 aromatic rings. The van der Waals surface area contributed by atoms with E-state index in [9.17, 15) is 0 Å². The summed E-state index contributed by atoms with van der Waals surface area (Å²) in [5.41, 5.74) is 0. The molecule has 0 nitrogen and oxygen atoms in total. The maximum absolute atomic E-state index is 5.49. The summed E-state index contributed by atoms with van der Waals surface area (Å²) < 4.78 is 0. The smallest absolute Gasteiger partial charge is 0.0324 e. The van der Waals surface area contributed by atoms with Crippen LogP contribution in [0.4, 0.5) is 0 Å². The average Bonchev–Trinajstić information content (AvgIpc) is 2.05. The van der Waals surface area contributed by atoms with Crippen LogP contribution >= 0.6 is 43.3 Å². The molecule has 1 rings (SSSR count). The van der Waals surface area contributed by atoms with Crippen LogP contribution in [0.3, 0.4) is 0 Å². The van der Waals surface area contributed by atoms with Crippen molar-refractivity contribution in [3.63, 3.8) is 0 Å². The van der Waals surface area contributed by atoms with Gasteiger partial charge in [0.1, 0.15) is 0 Å². The SMILES string of the molecule is ClSc1[c]c(SCl)ccc1. The van der Waals surface area contributed by atoms with Gasteiger partial charge in [0.15, 0.2) is 0 Å². The van der Waals surface area contributed by atoms with Gasteiger partial charge in [-0.1, -0.05) is 6.07 Å². The van der Waals surface area contributed by atoms with Crippen molar-refractivity contribution in [1.29, 1.82) is 0 Å². The maximum Gasteiger partial charge on any atom is 0.0324 e. The quantitative estimate of drug-likeness (QED) is 0.724. The van der Waals surface area contributed by atoms with Gasteiger partial charge in [0.25, 0.3) is 0 Å². The molecule has 0 atom stereocenters. The van der Waals surface area contributed by atoms with Gasteiger partial charge in [0.2, 0.25) is 0 Å². The molecule has 53 valence electrons. The summed E-state index contributed by atoms with van der Waals surface area (Å²) >= 11 is 0. The van der Waals surface area contributed by atoms with Crippen LogP contribution in [0, 0.1) is 6.07 Å². The molecule has 0 aromatic heterocycles. The number of benzene rings is 1. The van der Waals surface area contributed by atoms with Crippen molar-refractivity contribution in [2.24, 2.45) is 0 Å². The van der Waals surface area contributed by atoms with Crippen LogP contribution < -0.4 is 0 Å². The van der Waals surface area contributed by atoms with E-state index in [2.05, 4.69) is 6.07 Å². The Bertz CT molecular complexity index is 195. The molecule has 1 aromatic carbocycles. The average molecular weight is 210 g/mol. The summed E-state index contributed by atoms with van der Waals surface area (Å²) in [6.07, 6.45) is 0. The van der Waals surface area contributed by atoms with Crippen molar-refractivity contribution in [3.8, 4) is 0 Å². The molecule has 0 unspecified atom stereocenters. The number of halogens is 2. The monoisotopic (exact) mass is 209 g/mol. The Kier molecular flexibility index (Phi) is 3.78. The minimum absolute atomic E-state index is 0.896. The van der Waals surface area contributed by atoms with Gasteiger partial charge in [-0.05, 0) is 55.4 Å². The Morgan fingerprint density at radius 1 is 1.10 bits per heavy atom. The lowest BCUT2D eigenvalue weighted by Gasteiger charge is -1.93. The maximum atomic E-state index is 5.49. The van der Waals surface area contributed by atoms with Crippen molar-refractivity contribution in [3.05, 3.63) is 24.3 Å². The zero-order valence-electron chi connectivity index (χ0n) is 4.80. The standard InChI is InChI=1S/C6H3Cl2S2/c7-9-5-2-1-3-6(4-5)10-8/h1-3H. The molecule has 0 bridgehead atoms. The summed E-state index contributed by atoms with van der Waals surface area (Å²) in [4.78, 5) is 1.79. The van der Waals surface area contributed by atoms with Crippen LogP contribution in [0.25, 0.3) is 0 Å². The third kappa shape index (κ3) is 2.27. The van der Waals surface area contributed by atoms with Crippen LogP contribution in [0.2, 0.25) is 0 Å². The molecule has 0 amide bonds. The van der Waals surface area contributed by atoms with Crippen LogP contribution in [0.5, 0.6) is 0 Å². The van der Waals surface area contributed by atoms with E-state index >= 15 is 0 Å². The largest absolute Gasteiger partial charge is 0.0599 e. The molecule has 0 fully saturated rings. The number of hydrogen-bond donors (Lipinski definition) is 0. The first-order chi connectivity index (χ1) is 4.86. The predicted octanol–water partition coefficient (Wildman–Crippen LogP) is 3.98. The van der Waals surface area contributed by atoms with E-state index in [1.165, 1.54) is 0 Å². The minimum Gasteiger partial charge on any atom is -0.0599 e. The van der Waals surface area contributed by atoms with Gasteiger partial charge >= 0.3 is 0 Å². The van der Waals surface area contributed by atoms with E-state index in [0.29, 0.717) is 0 Å². The van der Waals surface area contributed by atoms with Crippen LogP contribution in [0.1, 0.15) is 0 Å². The van der Waals surface area contributed by atoms with E-state index in [-0.39, 0.29) is 0 Å². The molecule has 0 saturated carbocycles. The van der Waals surface area contributed by atoms with Crippen LogP contribution in [0.15, 0.2) is 28.0 Å².